The van der Waals surface area contributed by atoms with E-state index in [1.165, 1.54) is 0 Å². The van der Waals surface area contributed by atoms with Crippen LogP contribution in [-0.4, -0.2) is 22.6 Å². The van der Waals surface area contributed by atoms with Gasteiger partial charge in [-0.3, -0.25) is 4.79 Å². The van der Waals surface area contributed by atoms with Crippen LogP contribution in [0.5, 0.6) is 5.75 Å². The topological polar surface area (TPSA) is 56.1 Å². The first-order valence-electron chi connectivity index (χ1n) is 9.54. The van der Waals surface area contributed by atoms with E-state index in [9.17, 15) is 4.79 Å². The van der Waals surface area contributed by atoms with Gasteiger partial charge in [0.2, 0.25) is 0 Å². The number of aromatic nitrogens is 2. The molecule has 28 heavy (non-hydrogen) atoms. The number of carbonyl (C=O) groups is 1. The van der Waals surface area contributed by atoms with Crippen LogP contribution in [-0.2, 0) is 6.54 Å². The van der Waals surface area contributed by atoms with E-state index in [1.54, 1.807) is 19.6 Å². The van der Waals surface area contributed by atoms with E-state index >= 15 is 0 Å². The van der Waals surface area contributed by atoms with Crippen molar-refractivity contribution in [2.24, 2.45) is 5.92 Å². The van der Waals surface area contributed by atoms with Crippen molar-refractivity contribution in [1.29, 1.82) is 0 Å². The van der Waals surface area contributed by atoms with Crippen molar-refractivity contribution in [3.63, 3.8) is 0 Å². The van der Waals surface area contributed by atoms with Crippen LogP contribution in [0, 0.1) is 5.92 Å². The second-order valence-corrected chi connectivity index (χ2v) is 7.36. The molecule has 3 aromatic rings. The quantitative estimate of drug-likeness (QED) is 0.631. The Labute approximate surface area is 166 Å². The third kappa shape index (κ3) is 5.22. The zero-order chi connectivity index (χ0) is 19.9. The molecular formula is C23H27N3O2. The summed E-state index contributed by atoms with van der Waals surface area (Å²) >= 11 is 0. The van der Waals surface area contributed by atoms with E-state index in [1.807, 2.05) is 59.3 Å². The second kappa shape index (κ2) is 9.22. The number of ether oxygens (including phenoxy) is 1. The van der Waals surface area contributed by atoms with Gasteiger partial charge in [-0.05, 0) is 47.7 Å². The zero-order valence-corrected chi connectivity index (χ0v) is 16.6. The summed E-state index contributed by atoms with van der Waals surface area (Å²) in [5, 5.41) is 3.19. The first-order valence-corrected chi connectivity index (χ1v) is 9.54. The van der Waals surface area contributed by atoms with Gasteiger partial charge in [0.25, 0.3) is 5.91 Å². The number of carbonyl (C=O) groups excluding carboxylic acids is 1. The number of nitrogens with one attached hydrogen (secondary N) is 1. The van der Waals surface area contributed by atoms with Crippen molar-refractivity contribution in [1.82, 2.24) is 14.9 Å². The minimum atomic E-state index is -0.0596. The van der Waals surface area contributed by atoms with Gasteiger partial charge in [-0.2, -0.15) is 0 Å². The van der Waals surface area contributed by atoms with Crippen LogP contribution in [0.1, 0.15) is 47.8 Å². The van der Waals surface area contributed by atoms with Crippen LogP contribution in [0.4, 0.5) is 0 Å². The van der Waals surface area contributed by atoms with E-state index in [4.69, 9.17) is 4.74 Å². The van der Waals surface area contributed by atoms with Gasteiger partial charge in [0.05, 0.1) is 19.5 Å². The highest BCUT2D eigenvalue weighted by Crippen LogP contribution is 2.24. The summed E-state index contributed by atoms with van der Waals surface area (Å²) in [7, 11) is 1.65. The summed E-state index contributed by atoms with van der Waals surface area (Å²) in [6.07, 6.45) is 6.34. The number of rotatable bonds is 8. The zero-order valence-electron chi connectivity index (χ0n) is 16.6. The minimum Gasteiger partial charge on any atom is -0.497 e. The maximum absolute atomic E-state index is 12.8. The molecule has 0 saturated carbocycles. The number of imidazole rings is 1. The van der Waals surface area contributed by atoms with Crippen LogP contribution in [0.2, 0.25) is 0 Å². The highest BCUT2D eigenvalue weighted by atomic mass is 16.5. The second-order valence-electron chi connectivity index (χ2n) is 7.36. The molecule has 1 amide bonds. The van der Waals surface area contributed by atoms with Crippen LogP contribution >= 0.6 is 0 Å². The van der Waals surface area contributed by atoms with Gasteiger partial charge in [0.15, 0.2) is 0 Å². The summed E-state index contributed by atoms with van der Waals surface area (Å²) in [6.45, 7) is 5.06. The largest absolute Gasteiger partial charge is 0.497 e. The van der Waals surface area contributed by atoms with Gasteiger partial charge in [0.1, 0.15) is 5.75 Å². The first-order chi connectivity index (χ1) is 13.5. The van der Waals surface area contributed by atoms with E-state index in [0.29, 0.717) is 11.5 Å². The molecule has 1 heterocycles. The van der Waals surface area contributed by atoms with Crippen molar-refractivity contribution >= 4 is 5.91 Å². The van der Waals surface area contributed by atoms with E-state index in [-0.39, 0.29) is 11.9 Å². The minimum absolute atomic E-state index is 0.0379. The lowest BCUT2D eigenvalue weighted by Crippen LogP contribution is -2.29. The molecule has 0 spiro atoms. The maximum Gasteiger partial charge on any atom is 0.251 e. The Morgan fingerprint density at radius 1 is 1.11 bits per heavy atom. The van der Waals surface area contributed by atoms with Crippen LogP contribution in [0.25, 0.3) is 0 Å². The number of hydrogen-bond acceptors (Lipinski definition) is 3. The lowest BCUT2D eigenvalue weighted by atomic mass is 9.96. The molecule has 0 unspecified atom stereocenters. The van der Waals surface area contributed by atoms with Crippen molar-refractivity contribution in [2.75, 3.05) is 7.11 Å². The number of nitrogens with zero attached hydrogens (tertiary/aromatic N) is 2. The molecule has 0 aliphatic heterocycles. The summed E-state index contributed by atoms with van der Waals surface area (Å²) in [6, 6.07) is 15.6. The fourth-order valence-electron chi connectivity index (χ4n) is 3.18. The summed E-state index contributed by atoms with van der Waals surface area (Å²) < 4.78 is 7.23. The molecule has 0 bridgehead atoms. The predicted octanol–water partition coefficient (Wildman–Crippen LogP) is 4.46. The molecule has 1 atom stereocenters. The molecule has 1 aromatic heterocycles. The highest BCUT2D eigenvalue weighted by Gasteiger charge is 2.17. The van der Waals surface area contributed by atoms with Gasteiger partial charge in [-0.15, -0.1) is 0 Å². The fraction of sp³-hybridized carbons (Fsp3) is 0.304. The third-order valence-electron chi connectivity index (χ3n) is 4.67. The van der Waals surface area contributed by atoms with Crippen molar-refractivity contribution in [2.45, 2.75) is 32.9 Å². The molecule has 0 fully saturated rings. The standard InChI is InChI=1S/C23H27N3O2/c1-17(2)14-22(19-8-10-21(28-3)11-9-19)25-23(27)20-6-4-18(5-7-20)15-26-13-12-24-16-26/h4-13,16-17,22H,14-15H2,1-3H3,(H,25,27)/t22-/m1/s1. The van der Waals surface area contributed by atoms with Crippen LogP contribution in [0.15, 0.2) is 67.3 Å². The highest BCUT2D eigenvalue weighted by molar-refractivity contribution is 5.94. The molecule has 146 valence electrons. The van der Waals surface area contributed by atoms with Gasteiger partial charge >= 0.3 is 0 Å². The Morgan fingerprint density at radius 2 is 1.82 bits per heavy atom. The molecule has 5 nitrogen and oxygen atoms in total. The molecule has 0 aliphatic carbocycles. The Hall–Kier alpha value is -3.08. The SMILES string of the molecule is COc1ccc([C@@H](CC(C)C)NC(=O)c2ccc(Cn3ccnc3)cc2)cc1. The van der Waals surface area contributed by atoms with Gasteiger partial charge in [0, 0.05) is 24.5 Å². The van der Waals surface area contributed by atoms with Gasteiger partial charge in [-0.1, -0.05) is 38.1 Å². The number of benzene rings is 2. The number of hydrogen-bond donors (Lipinski definition) is 1. The molecule has 2 aromatic carbocycles. The normalized spacial score (nSPS) is 12.0. The number of amides is 1. The maximum atomic E-state index is 12.8. The number of methoxy groups -OCH3 is 1. The summed E-state index contributed by atoms with van der Waals surface area (Å²) in [5.41, 5.74) is 2.87. The molecule has 5 heteroatoms. The van der Waals surface area contributed by atoms with Crippen molar-refractivity contribution in [3.8, 4) is 5.75 Å². The van der Waals surface area contributed by atoms with E-state index in [2.05, 4.69) is 24.1 Å². The Morgan fingerprint density at radius 3 is 2.39 bits per heavy atom. The smallest absolute Gasteiger partial charge is 0.251 e. The third-order valence-corrected chi connectivity index (χ3v) is 4.67. The Bertz CT molecular complexity index is 869. The molecule has 1 N–H and O–H groups in total. The molecule has 0 aliphatic rings. The summed E-state index contributed by atoms with van der Waals surface area (Å²) in [4.78, 5) is 16.9. The van der Waals surface area contributed by atoms with E-state index < -0.39 is 0 Å². The Balaban J connectivity index is 1.70. The average Bonchev–Trinajstić information content (AvgIpc) is 3.21. The van der Waals surface area contributed by atoms with Crippen LogP contribution < -0.4 is 10.1 Å². The lowest BCUT2D eigenvalue weighted by Gasteiger charge is -2.21. The van der Waals surface area contributed by atoms with Crippen molar-refractivity contribution in [3.05, 3.63) is 83.9 Å². The molecule has 0 saturated heterocycles. The fourth-order valence-corrected chi connectivity index (χ4v) is 3.18. The Kier molecular flexibility index (Phi) is 6.48. The molecular weight excluding hydrogens is 350 g/mol. The molecule has 0 radical (unpaired) electrons. The lowest BCUT2D eigenvalue weighted by molar-refractivity contribution is 0.0932. The monoisotopic (exact) mass is 377 g/mol. The van der Waals surface area contributed by atoms with Gasteiger partial charge in [-0.25, -0.2) is 4.98 Å². The predicted molar refractivity (Wildman–Crippen MR) is 110 cm³/mol. The van der Waals surface area contributed by atoms with Gasteiger partial charge < -0.3 is 14.6 Å². The van der Waals surface area contributed by atoms with Crippen LogP contribution in [0.3, 0.4) is 0 Å². The van der Waals surface area contributed by atoms with Crippen molar-refractivity contribution < 1.29 is 9.53 Å². The molecule has 3 rings (SSSR count). The average molecular weight is 377 g/mol. The summed E-state index contributed by atoms with van der Waals surface area (Å²) in [5.74, 6) is 1.22. The first kappa shape index (κ1) is 19.7. The van der Waals surface area contributed by atoms with E-state index in [0.717, 1.165) is 29.8 Å².